The Bertz CT molecular complexity index is 215. The number of hydrogen-bond acceptors (Lipinski definition) is 0. The van der Waals surface area contributed by atoms with Crippen LogP contribution < -0.4 is 0 Å². The molecule has 1 fully saturated rings. The molecule has 5 nitrogen and oxygen atoms in total. The van der Waals surface area contributed by atoms with Crippen molar-refractivity contribution in [1.29, 1.82) is 0 Å². The second kappa shape index (κ2) is 15.2. The topological polar surface area (TPSA) is 70.5 Å². The van der Waals surface area contributed by atoms with Crippen LogP contribution in [0.2, 0.25) is 0 Å². The fraction of sp³-hybridized carbons (Fsp3) is 1.00. The van der Waals surface area contributed by atoms with Gasteiger partial charge in [0.15, 0.2) is 0 Å². The first-order valence-corrected chi connectivity index (χ1v) is 11.3. The molecule has 0 spiro atoms. The molecule has 0 bridgehead atoms. The molecule has 0 aromatic heterocycles. The van der Waals surface area contributed by atoms with Crippen LogP contribution in [0.1, 0.15) is 40.3 Å². The SMILES string of the molecule is C[C@@H]1C[N-][C@@H](C)C[N-][C@H](C)C[N-][C@@H](C)C[N-][C@@H](C)C[N-]1.[Cl][Mn][Cl].[HH].[HH].[HH].[HH]. The van der Waals surface area contributed by atoms with Gasteiger partial charge in [-0.25, -0.2) is 0 Å². The molecule has 0 aromatic rings. The third-order valence-electron chi connectivity index (χ3n) is 3.41. The summed E-state index contributed by atoms with van der Waals surface area (Å²) in [4.78, 5) is 0. The van der Waals surface area contributed by atoms with E-state index >= 15 is 0 Å². The molecule has 149 valence electrons. The Morgan fingerprint density at radius 3 is 0.826 bits per heavy atom. The van der Waals surface area contributed by atoms with Crippen LogP contribution in [0.3, 0.4) is 0 Å². The zero-order valence-corrected chi connectivity index (χ0v) is 17.5. The Morgan fingerprint density at radius 1 is 0.565 bits per heavy atom. The monoisotopic (exact) mass is 413 g/mol. The summed E-state index contributed by atoms with van der Waals surface area (Å²) < 4.78 is 0. The molecule has 1 heterocycles. The standard InChI is InChI=1S/C15H30N5.2ClH.Mn.4H2/c1-11-6-17-13(3)8-19-15(5)10-20-14(4)9-18-12(2)7-16-11;;;;;;;/h11-15H,6-10H2,1-5H3;2*1H;;4*1H/q-5;;;+2;;;;/p-2/t11-,12-,13+,14+,15-;;;;;;;/m0......./s1. The van der Waals surface area contributed by atoms with Crippen LogP contribution in [-0.4, -0.2) is 62.9 Å². The molecular weight excluding hydrogens is 376 g/mol. The van der Waals surface area contributed by atoms with E-state index in [1.807, 2.05) is 0 Å². The molecule has 0 radical (unpaired) electrons. The van der Waals surface area contributed by atoms with Gasteiger partial charge in [-0.1, -0.05) is 34.6 Å². The van der Waals surface area contributed by atoms with Crippen molar-refractivity contribution in [2.75, 3.05) is 32.7 Å². The molecule has 0 aromatic carbocycles. The fourth-order valence-electron chi connectivity index (χ4n) is 1.95. The van der Waals surface area contributed by atoms with Gasteiger partial charge in [0.05, 0.1) is 0 Å². The molecule has 8 heteroatoms. The van der Waals surface area contributed by atoms with Crippen LogP contribution in [0.25, 0.3) is 26.6 Å². The summed E-state index contributed by atoms with van der Waals surface area (Å²) in [5, 5.41) is 23.2. The van der Waals surface area contributed by atoms with Crippen molar-refractivity contribution in [3.63, 3.8) is 0 Å². The maximum Gasteiger partial charge on any atom is 0 e. The Balaban J connectivity index is -0.000000216. The van der Waals surface area contributed by atoms with Crippen LogP contribution in [0.4, 0.5) is 0 Å². The Labute approximate surface area is 163 Å². The predicted molar refractivity (Wildman–Crippen MR) is 109 cm³/mol. The summed E-state index contributed by atoms with van der Waals surface area (Å²) in [5.41, 5.74) is 0. The maximum atomic E-state index is 4.80. The molecule has 1 aliphatic heterocycles. The van der Waals surface area contributed by atoms with Gasteiger partial charge in [-0.2, -0.15) is 62.9 Å². The van der Waals surface area contributed by atoms with E-state index < -0.39 is 0 Å². The van der Waals surface area contributed by atoms with Gasteiger partial charge in [0, 0.05) is 5.71 Å². The molecule has 0 unspecified atom stereocenters. The van der Waals surface area contributed by atoms with Gasteiger partial charge >= 0.3 is 33.3 Å². The minimum atomic E-state index is 0. The summed E-state index contributed by atoms with van der Waals surface area (Å²) in [6.45, 7) is 14.6. The second-order valence-electron chi connectivity index (χ2n) is 6.12. The Morgan fingerprint density at radius 2 is 0.696 bits per heavy atom. The van der Waals surface area contributed by atoms with Crippen molar-refractivity contribution in [3.8, 4) is 0 Å². The summed E-state index contributed by atoms with van der Waals surface area (Å²) in [7, 11) is 9.59. The third kappa shape index (κ3) is 14.9. The molecule has 0 amide bonds. The molecule has 1 aliphatic rings. The van der Waals surface area contributed by atoms with Gasteiger partial charge < -0.3 is 26.6 Å². The van der Waals surface area contributed by atoms with Gasteiger partial charge in [0.25, 0.3) is 0 Å². The van der Waals surface area contributed by atoms with Crippen molar-refractivity contribution in [2.24, 2.45) is 0 Å². The van der Waals surface area contributed by atoms with Gasteiger partial charge in [0.1, 0.15) is 0 Å². The number of halogens is 2. The van der Waals surface area contributed by atoms with E-state index in [0.717, 1.165) is 32.7 Å². The zero-order valence-electron chi connectivity index (χ0n) is 14.8. The Kier molecular flexibility index (Phi) is 15.8. The van der Waals surface area contributed by atoms with E-state index in [-0.39, 0.29) is 49.0 Å². The van der Waals surface area contributed by atoms with Gasteiger partial charge in [-0.15, -0.1) is 0 Å². The zero-order chi connectivity index (χ0) is 17.7. The predicted octanol–water partition coefficient (Wildman–Crippen LogP) is 6.17. The van der Waals surface area contributed by atoms with Crippen molar-refractivity contribution in [3.05, 3.63) is 26.6 Å². The molecule has 0 aliphatic carbocycles. The van der Waals surface area contributed by atoms with Crippen molar-refractivity contribution < 1.29 is 18.8 Å². The van der Waals surface area contributed by atoms with Crippen LogP contribution in [0.15, 0.2) is 0 Å². The maximum absolute atomic E-state index is 4.80. The average Bonchev–Trinajstić information content (AvgIpc) is 2.52. The average molecular weight is 414 g/mol. The van der Waals surface area contributed by atoms with Crippen LogP contribution in [0, 0.1) is 0 Å². The van der Waals surface area contributed by atoms with Crippen molar-refractivity contribution in [2.45, 2.75) is 64.8 Å². The first-order chi connectivity index (χ1) is 10.9. The molecular formula is C15H38Cl2MnN5-5. The third-order valence-corrected chi connectivity index (χ3v) is 3.41. The molecule has 1 saturated heterocycles. The molecule has 23 heavy (non-hydrogen) atoms. The van der Waals surface area contributed by atoms with E-state index in [2.05, 4.69) is 61.2 Å². The Hall–Kier alpha value is 0.899. The fourth-order valence-corrected chi connectivity index (χ4v) is 1.95. The number of hydrogen-bond donors (Lipinski definition) is 0. The van der Waals surface area contributed by atoms with Gasteiger partial charge in [-0.3, -0.25) is 0 Å². The minimum Gasteiger partial charge on any atom is 0 e. The van der Waals surface area contributed by atoms with Gasteiger partial charge in [-0.05, 0) is 0 Å². The van der Waals surface area contributed by atoms with Crippen LogP contribution in [-0.2, 0) is 13.1 Å². The quantitative estimate of drug-likeness (QED) is 0.425. The van der Waals surface area contributed by atoms with E-state index in [1.54, 1.807) is 0 Å². The first kappa shape index (κ1) is 23.9. The largest absolute Gasteiger partial charge is 0 e. The van der Waals surface area contributed by atoms with E-state index in [0.29, 0.717) is 0 Å². The summed E-state index contributed by atoms with van der Waals surface area (Å²) in [6.07, 6.45) is 0. The van der Waals surface area contributed by atoms with Crippen LogP contribution >= 0.6 is 20.2 Å². The van der Waals surface area contributed by atoms with E-state index in [1.165, 1.54) is 0 Å². The van der Waals surface area contributed by atoms with E-state index in [9.17, 15) is 0 Å². The normalized spacial score (nSPS) is 35.3. The molecule has 5 atom stereocenters. The first-order valence-electron chi connectivity index (χ1n) is 8.09. The summed E-state index contributed by atoms with van der Waals surface area (Å²) >= 11 is 0.00694. The molecule has 1 rings (SSSR count). The smallest absolute Gasteiger partial charge is 0 e. The van der Waals surface area contributed by atoms with Crippen LogP contribution in [0.5, 0.6) is 0 Å². The minimum absolute atomic E-state index is 0. The van der Waals surface area contributed by atoms with Gasteiger partial charge in [0.2, 0.25) is 0 Å². The van der Waals surface area contributed by atoms with E-state index in [4.69, 9.17) is 20.2 Å². The number of nitrogens with zero attached hydrogens (tertiary/aromatic N) is 5. The second-order valence-corrected chi connectivity index (χ2v) is 8.07. The molecule has 0 N–H and O–H groups in total. The van der Waals surface area contributed by atoms with Crippen molar-refractivity contribution >= 4 is 20.2 Å². The van der Waals surface area contributed by atoms with Crippen molar-refractivity contribution in [1.82, 2.24) is 0 Å². The summed E-state index contributed by atoms with van der Waals surface area (Å²) in [5.74, 6) is 0. The molecule has 0 saturated carbocycles. The summed E-state index contributed by atoms with van der Waals surface area (Å²) in [6, 6.07) is 1.39. The number of rotatable bonds is 0.